The van der Waals surface area contributed by atoms with E-state index in [1.54, 1.807) is 13.3 Å². The van der Waals surface area contributed by atoms with Gasteiger partial charge in [-0.3, -0.25) is 9.78 Å². The van der Waals surface area contributed by atoms with Crippen LogP contribution in [0.2, 0.25) is 0 Å². The highest BCUT2D eigenvalue weighted by molar-refractivity contribution is 5.90. The van der Waals surface area contributed by atoms with E-state index in [0.717, 1.165) is 43.9 Å². The fraction of sp³-hybridized carbons (Fsp3) is 0.421. The summed E-state index contributed by atoms with van der Waals surface area (Å²) in [6, 6.07) is 8.31. The van der Waals surface area contributed by atoms with Gasteiger partial charge in [-0.05, 0) is 49.3 Å². The van der Waals surface area contributed by atoms with Crippen LogP contribution >= 0.6 is 0 Å². The van der Waals surface area contributed by atoms with Gasteiger partial charge in [0.1, 0.15) is 17.3 Å². The number of piperidine rings is 1. The number of aryl methyl sites for hydroxylation is 1. The minimum atomic E-state index is -0.538. The first-order valence-electron chi connectivity index (χ1n) is 8.65. The van der Waals surface area contributed by atoms with Crippen molar-refractivity contribution in [3.05, 3.63) is 47.9 Å². The first-order chi connectivity index (χ1) is 12.2. The molecule has 0 unspecified atom stereocenters. The van der Waals surface area contributed by atoms with E-state index in [1.165, 1.54) is 18.2 Å². The maximum Gasteiger partial charge on any atom is 0.268 e. The Hall–Kier alpha value is -2.63. The van der Waals surface area contributed by atoms with Gasteiger partial charge in [0.2, 0.25) is 0 Å². The zero-order valence-electron chi connectivity index (χ0n) is 14.5. The van der Waals surface area contributed by atoms with Crippen molar-refractivity contribution in [3.63, 3.8) is 0 Å². The van der Waals surface area contributed by atoms with E-state index in [-0.39, 0.29) is 5.69 Å². The maximum atomic E-state index is 11.2. The van der Waals surface area contributed by atoms with Gasteiger partial charge >= 0.3 is 0 Å². The summed E-state index contributed by atoms with van der Waals surface area (Å²) in [5, 5.41) is 0. The summed E-state index contributed by atoms with van der Waals surface area (Å²) < 4.78 is 5.20. The van der Waals surface area contributed by atoms with E-state index in [9.17, 15) is 4.79 Å². The standard InChI is InChI=1S/C19H24N4O2/c1-25-16-6-4-14(5-7-16)2-3-15-8-10-23(11-9-15)18-13-21-12-17(22-18)19(20)24/h4-7,12-13,15H,2-3,8-11H2,1H3,(H2,20,24). The van der Waals surface area contributed by atoms with Crippen LogP contribution in [0.5, 0.6) is 5.75 Å². The van der Waals surface area contributed by atoms with Crippen LogP contribution in [-0.4, -0.2) is 36.1 Å². The van der Waals surface area contributed by atoms with Crippen LogP contribution in [0, 0.1) is 5.92 Å². The number of hydrogen-bond acceptors (Lipinski definition) is 5. The molecule has 0 aliphatic carbocycles. The van der Waals surface area contributed by atoms with E-state index >= 15 is 0 Å². The number of rotatable bonds is 6. The first kappa shape index (κ1) is 17.2. The predicted molar refractivity (Wildman–Crippen MR) is 96.8 cm³/mol. The molecular formula is C19H24N4O2. The van der Waals surface area contributed by atoms with Crippen LogP contribution in [0.15, 0.2) is 36.7 Å². The van der Waals surface area contributed by atoms with Gasteiger partial charge in [0.25, 0.3) is 5.91 Å². The lowest BCUT2D eigenvalue weighted by Gasteiger charge is -2.32. The average molecular weight is 340 g/mol. The van der Waals surface area contributed by atoms with Gasteiger partial charge in [-0.1, -0.05) is 12.1 Å². The topological polar surface area (TPSA) is 81.3 Å². The number of carbonyl (C=O) groups is 1. The smallest absolute Gasteiger partial charge is 0.268 e. The molecule has 3 rings (SSSR count). The van der Waals surface area contributed by atoms with Crippen LogP contribution in [0.1, 0.15) is 35.3 Å². The van der Waals surface area contributed by atoms with Crippen LogP contribution in [0.4, 0.5) is 5.82 Å². The number of nitrogens with two attached hydrogens (primary N) is 1. The summed E-state index contributed by atoms with van der Waals surface area (Å²) in [6.45, 7) is 1.87. The number of ether oxygens (including phenoxy) is 1. The molecule has 1 saturated heterocycles. The lowest BCUT2D eigenvalue weighted by Crippen LogP contribution is -2.34. The molecule has 6 nitrogen and oxygen atoms in total. The van der Waals surface area contributed by atoms with E-state index in [2.05, 4.69) is 27.0 Å². The molecule has 2 aromatic rings. The molecule has 1 fully saturated rings. The third-order valence-corrected chi connectivity index (χ3v) is 4.81. The number of aromatic nitrogens is 2. The van der Waals surface area contributed by atoms with Crippen molar-refractivity contribution in [1.29, 1.82) is 0 Å². The largest absolute Gasteiger partial charge is 0.497 e. The number of hydrogen-bond donors (Lipinski definition) is 1. The van der Waals surface area contributed by atoms with Crippen LogP contribution in [-0.2, 0) is 6.42 Å². The van der Waals surface area contributed by atoms with Crippen LogP contribution in [0.25, 0.3) is 0 Å². The fourth-order valence-electron chi connectivity index (χ4n) is 3.24. The molecule has 25 heavy (non-hydrogen) atoms. The Morgan fingerprint density at radius 3 is 2.60 bits per heavy atom. The van der Waals surface area contributed by atoms with Crippen molar-refractivity contribution in [2.24, 2.45) is 11.7 Å². The summed E-state index contributed by atoms with van der Waals surface area (Å²) in [4.78, 5) is 21.8. The minimum absolute atomic E-state index is 0.221. The lowest BCUT2D eigenvalue weighted by molar-refractivity contribution is 0.0995. The van der Waals surface area contributed by atoms with Crippen molar-refractivity contribution >= 4 is 11.7 Å². The van der Waals surface area contributed by atoms with Crippen molar-refractivity contribution in [1.82, 2.24) is 9.97 Å². The van der Waals surface area contributed by atoms with E-state index < -0.39 is 5.91 Å². The summed E-state index contributed by atoms with van der Waals surface area (Å²) in [5.41, 5.74) is 6.85. The Labute approximate surface area is 148 Å². The molecule has 0 bridgehead atoms. The molecule has 132 valence electrons. The van der Waals surface area contributed by atoms with E-state index in [0.29, 0.717) is 5.92 Å². The van der Waals surface area contributed by atoms with Crippen LogP contribution in [0.3, 0.4) is 0 Å². The Bertz CT molecular complexity index is 710. The number of benzene rings is 1. The number of carbonyl (C=O) groups excluding carboxylic acids is 1. The van der Waals surface area contributed by atoms with Gasteiger partial charge in [-0.25, -0.2) is 4.98 Å². The highest BCUT2D eigenvalue weighted by Gasteiger charge is 2.21. The number of anilines is 1. The van der Waals surface area contributed by atoms with Crippen molar-refractivity contribution in [2.45, 2.75) is 25.7 Å². The van der Waals surface area contributed by atoms with Crippen molar-refractivity contribution in [2.75, 3.05) is 25.1 Å². The second kappa shape index (κ2) is 7.96. The minimum Gasteiger partial charge on any atom is -0.497 e. The van der Waals surface area contributed by atoms with Gasteiger partial charge in [0.05, 0.1) is 19.5 Å². The van der Waals surface area contributed by atoms with Gasteiger partial charge in [0, 0.05) is 13.1 Å². The third kappa shape index (κ3) is 4.47. The van der Waals surface area contributed by atoms with Crippen molar-refractivity contribution in [3.8, 4) is 5.75 Å². The molecule has 0 saturated carbocycles. The molecule has 0 atom stereocenters. The Balaban J connectivity index is 1.50. The molecule has 6 heteroatoms. The van der Waals surface area contributed by atoms with Crippen molar-refractivity contribution < 1.29 is 9.53 Å². The summed E-state index contributed by atoms with van der Waals surface area (Å²) in [6.07, 6.45) is 7.63. The molecule has 2 heterocycles. The SMILES string of the molecule is COc1ccc(CCC2CCN(c3cncc(C(N)=O)n3)CC2)cc1. The zero-order chi connectivity index (χ0) is 17.6. The number of amides is 1. The Kier molecular flexibility index (Phi) is 5.48. The average Bonchev–Trinajstić information content (AvgIpc) is 2.67. The molecule has 0 spiro atoms. The summed E-state index contributed by atoms with van der Waals surface area (Å²) >= 11 is 0. The van der Waals surface area contributed by atoms with Crippen LogP contribution < -0.4 is 15.4 Å². The second-order valence-corrected chi connectivity index (χ2v) is 6.44. The fourth-order valence-corrected chi connectivity index (χ4v) is 3.24. The molecule has 1 aromatic carbocycles. The molecular weight excluding hydrogens is 316 g/mol. The van der Waals surface area contributed by atoms with Gasteiger partial charge in [-0.2, -0.15) is 0 Å². The quantitative estimate of drug-likeness (QED) is 0.873. The first-order valence-corrected chi connectivity index (χ1v) is 8.65. The molecule has 1 aromatic heterocycles. The third-order valence-electron chi connectivity index (χ3n) is 4.81. The monoisotopic (exact) mass is 340 g/mol. The van der Waals surface area contributed by atoms with E-state index in [1.807, 2.05) is 12.1 Å². The summed E-state index contributed by atoms with van der Waals surface area (Å²) in [5.74, 6) is 1.82. The Morgan fingerprint density at radius 1 is 1.24 bits per heavy atom. The number of methoxy groups -OCH3 is 1. The zero-order valence-corrected chi connectivity index (χ0v) is 14.5. The molecule has 2 N–H and O–H groups in total. The van der Waals surface area contributed by atoms with Gasteiger partial charge in [0.15, 0.2) is 0 Å². The molecule has 1 aliphatic heterocycles. The lowest BCUT2D eigenvalue weighted by atomic mass is 9.90. The Morgan fingerprint density at radius 2 is 1.96 bits per heavy atom. The second-order valence-electron chi connectivity index (χ2n) is 6.44. The normalized spacial score (nSPS) is 15.2. The van der Waals surface area contributed by atoms with E-state index in [4.69, 9.17) is 10.5 Å². The highest BCUT2D eigenvalue weighted by atomic mass is 16.5. The molecule has 0 radical (unpaired) electrons. The van der Waals surface area contributed by atoms with Gasteiger partial charge in [-0.15, -0.1) is 0 Å². The molecule has 1 aliphatic rings. The maximum absolute atomic E-state index is 11.2. The number of primary amides is 1. The highest BCUT2D eigenvalue weighted by Crippen LogP contribution is 2.25. The number of nitrogens with zero attached hydrogens (tertiary/aromatic N) is 3. The molecule has 1 amide bonds. The summed E-state index contributed by atoms with van der Waals surface area (Å²) in [7, 11) is 1.69. The predicted octanol–water partition coefficient (Wildman–Crippen LogP) is 2.43. The van der Waals surface area contributed by atoms with Gasteiger partial charge < -0.3 is 15.4 Å².